The van der Waals surface area contributed by atoms with Gasteiger partial charge >= 0.3 is 0 Å². The number of nitrogens with one attached hydrogen (secondary N) is 4. The van der Waals surface area contributed by atoms with Crippen LogP contribution in [0.5, 0.6) is 5.75 Å². The summed E-state index contributed by atoms with van der Waals surface area (Å²) < 4.78 is 12.8. The predicted molar refractivity (Wildman–Crippen MR) is 182 cm³/mol. The quantitative estimate of drug-likeness (QED) is 0.190. The van der Waals surface area contributed by atoms with Gasteiger partial charge in [0.2, 0.25) is 17.7 Å². The minimum Gasteiger partial charge on any atom is -0.492 e. The van der Waals surface area contributed by atoms with Gasteiger partial charge in [0.25, 0.3) is 5.91 Å². The molecule has 3 aromatic carbocycles. The Bertz CT molecular complexity index is 2010. The van der Waals surface area contributed by atoms with E-state index >= 15 is 0 Å². The molecule has 2 aromatic heterocycles. The highest BCUT2D eigenvalue weighted by Crippen LogP contribution is 2.22. The third-order valence-corrected chi connectivity index (χ3v) is 8.17. The van der Waals surface area contributed by atoms with E-state index in [0.29, 0.717) is 39.6 Å². The third-order valence-electron chi connectivity index (χ3n) is 8.17. The Morgan fingerprint density at radius 3 is 2.54 bits per heavy atom. The molecule has 5 N–H and O–H groups in total. The number of aliphatic hydroxyl groups excluding tert-OH is 1. The highest BCUT2D eigenvalue weighted by Gasteiger charge is 2.29. The number of aromatic nitrogens is 3. The van der Waals surface area contributed by atoms with Crippen LogP contribution in [0.3, 0.4) is 0 Å². The molecule has 50 heavy (non-hydrogen) atoms. The van der Waals surface area contributed by atoms with Gasteiger partial charge in [-0.2, -0.15) is 5.10 Å². The summed E-state index contributed by atoms with van der Waals surface area (Å²) in [6, 6.07) is 19.6. The smallest absolute Gasteiger partial charge is 0.251 e. The number of nitrogens with zero attached hydrogens (tertiary/aromatic N) is 3. The standard InChI is InChI=1S/C36H37N7O7/c1-21-16-26-18-25(10-13-30(26)50-21)34(46)39-28-17-23-8-11-27(12-9-23)49-15-14-37-31(45)19-43-33(41-32(42-43)24-6-4-3-5-7-24)22(2)38-36(48)29(20-44)40-35(28)47/h3-13,16,18,22,28-29,44H,14-15,17,19-20H2,1-2H3,(H,37,45)(H,38,48)(H,39,46)(H,40,47)/t22-,28-,29-/m0/s1. The second kappa shape index (κ2) is 15.0. The molecule has 7 rings (SSSR count). The third kappa shape index (κ3) is 7.98. The van der Waals surface area contributed by atoms with E-state index < -0.39 is 42.5 Å². The number of carbonyl (C=O) groups is 4. The number of hydrogen-bond acceptors (Lipinski definition) is 9. The highest BCUT2D eigenvalue weighted by atomic mass is 16.5. The summed E-state index contributed by atoms with van der Waals surface area (Å²) in [5.74, 6) is -0.336. The number of fused-ring (bicyclic) bond motifs is 15. The topological polar surface area (TPSA) is 190 Å². The molecule has 0 fully saturated rings. The van der Waals surface area contributed by atoms with Crippen LogP contribution in [0, 0.1) is 6.92 Å². The Morgan fingerprint density at radius 1 is 1.00 bits per heavy atom. The average Bonchev–Trinajstić information content (AvgIpc) is 3.71. The molecule has 14 heteroatoms. The maximum Gasteiger partial charge on any atom is 0.251 e. The van der Waals surface area contributed by atoms with Crippen molar-refractivity contribution in [2.75, 3.05) is 19.8 Å². The maximum absolute atomic E-state index is 13.7. The first-order chi connectivity index (χ1) is 24.2. The molecule has 2 bridgehead atoms. The van der Waals surface area contributed by atoms with Gasteiger partial charge < -0.3 is 35.5 Å². The fourth-order valence-electron chi connectivity index (χ4n) is 5.62. The van der Waals surface area contributed by atoms with Crippen molar-refractivity contribution >= 4 is 34.6 Å². The largest absolute Gasteiger partial charge is 0.492 e. The Kier molecular flexibility index (Phi) is 10.2. The number of aryl methyl sites for hydroxylation is 1. The van der Waals surface area contributed by atoms with Gasteiger partial charge in [0.15, 0.2) is 5.82 Å². The van der Waals surface area contributed by atoms with Crippen molar-refractivity contribution in [3.05, 3.63) is 102 Å². The van der Waals surface area contributed by atoms with E-state index in [1.54, 1.807) is 49.4 Å². The number of benzene rings is 3. The first-order valence-corrected chi connectivity index (χ1v) is 16.2. The monoisotopic (exact) mass is 679 g/mol. The van der Waals surface area contributed by atoms with Crippen molar-refractivity contribution in [3.8, 4) is 17.1 Å². The first-order valence-electron chi connectivity index (χ1n) is 16.2. The maximum atomic E-state index is 13.7. The summed E-state index contributed by atoms with van der Waals surface area (Å²) >= 11 is 0. The van der Waals surface area contributed by atoms with Gasteiger partial charge in [0, 0.05) is 22.9 Å². The first kappa shape index (κ1) is 33.9. The number of amides is 4. The average molecular weight is 680 g/mol. The molecule has 2 aliphatic rings. The minimum atomic E-state index is -1.37. The molecule has 14 nitrogen and oxygen atoms in total. The molecule has 0 spiro atoms. The molecule has 0 radical (unpaired) electrons. The van der Waals surface area contributed by atoms with Crippen molar-refractivity contribution in [1.29, 1.82) is 0 Å². The number of rotatable bonds is 4. The highest BCUT2D eigenvalue weighted by molar-refractivity contribution is 6.00. The van der Waals surface area contributed by atoms with Crippen LogP contribution in [0.1, 0.15) is 40.5 Å². The second-order valence-electron chi connectivity index (χ2n) is 12.0. The van der Waals surface area contributed by atoms with E-state index in [-0.39, 0.29) is 37.8 Å². The lowest BCUT2D eigenvalue weighted by Gasteiger charge is -2.24. The summed E-state index contributed by atoms with van der Waals surface area (Å²) in [6.45, 7) is 2.98. The molecule has 0 saturated heterocycles. The van der Waals surface area contributed by atoms with E-state index in [1.807, 2.05) is 43.3 Å². The molecule has 4 amide bonds. The number of furan rings is 1. The Hall–Kier alpha value is -6.02. The van der Waals surface area contributed by atoms with Crippen molar-refractivity contribution in [1.82, 2.24) is 36.0 Å². The van der Waals surface area contributed by atoms with Crippen LogP contribution in [0.15, 0.2) is 83.3 Å². The fourth-order valence-corrected chi connectivity index (χ4v) is 5.62. The van der Waals surface area contributed by atoms with Crippen LogP contribution in [-0.4, -0.2) is 75.3 Å². The van der Waals surface area contributed by atoms with Crippen molar-refractivity contribution in [3.63, 3.8) is 0 Å². The van der Waals surface area contributed by atoms with Crippen LogP contribution in [0.25, 0.3) is 22.4 Å². The van der Waals surface area contributed by atoms with Crippen LogP contribution in [0.4, 0.5) is 0 Å². The Balaban J connectivity index is 1.27. The zero-order valence-electron chi connectivity index (χ0n) is 27.5. The van der Waals surface area contributed by atoms with Crippen LogP contribution < -0.4 is 26.0 Å². The minimum absolute atomic E-state index is 0.0719. The zero-order chi connectivity index (χ0) is 35.2. The summed E-state index contributed by atoms with van der Waals surface area (Å²) in [6.07, 6.45) is 0.0719. The molecular weight excluding hydrogens is 642 g/mol. The van der Waals surface area contributed by atoms with Gasteiger partial charge in [-0.3, -0.25) is 19.2 Å². The van der Waals surface area contributed by atoms with E-state index in [1.165, 1.54) is 4.68 Å². The fraction of sp³-hybridized carbons (Fsp3) is 0.278. The van der Waals surface area contributed by atoms with Crippen LogP contribution >= 0.6 is 0 Å². The number of carbonyl (C=O) groups excluding carboxylic acids is 4. The molecule has 0 unspecified atom stereocenters. The van der Waals surface area contributed by atoms with Crippen molar-refractivity contribution in [2.24, 2.45) is 0 Å². The van der Waals surface area contributed by atoms with Crippen molar-refractivity contribution in [2.45, 2.75) is 44.9 Å². The number of ether oxygens (including phenoxy) is 1. The number of hydrogen-bond donors (Lipinski definition) is 5. The lowest BCUT2D eigenvalue weighted by atomic mass is 10.0. The van der Waals surface area contributed by atoms with E-state index in [0.717, 1.165) is 5.39 Å². The van der Waals surface area contributed by atoms with Crippen molar-refractivity contribution < 1.29 is 33.4 Å². The molecular formula is C36H37N7O7. The summed E-state index contributed by atoms with van der Waals surface area (Å²) in [7, 11) is 0. The van der Waals surface area contributed by atoms with Gasteiger partial charge in [0.05, 0.1) is 19.2 Å². The summed E-state index contributed by atoms with van der Waals surface area (Å²) in [4.78, 5) is 58.2. The van der Waals surface area contributed by atoms with Crippen LogP contribution in [-0.2, 0) is 27.3 Å². The molecule has 2 aliphatic heterocycles. The second-order valence-corrected chi connectivity index (χ2v) is 12.0. The molecule has 258 valence electrons. The zero-order valence-corrected chi connectivity index (χ0v) is 27.5. The van der Waals surface area contributed by atoms with Gasteiger partial charge in [-0.15, -0.1) is 0 Å². The van der Waals surface area contributed by atoms with E-state index in [4.69, 9.17) is 9.15 Å². The van der Waals surface area contributed by atoms with Gasteiger partial charge in [-0.1, -0.05) is 42.5 Å². The lowest BCUT2D eigenvalue weighted by Crippen LogP contribution is -2.55. The summed E-state index contributed by atoms with van der Waals surface area (Å²) in [5.41, 5.74) is 2.36. The summed E-state index contributed by atoms with van der Waals surface area (Å²) in [5, 5.41) is 26.5. The van der Waals surface area contributed by atoms with Gasteiger partial charge in [-0.25, -0.2) is 9.67 Å². The SMILES string of the molecule is Cc1cc2cc(C(=O)N[C@H]3Cc4ccc(cc4)OCCNC(=O)Cn4nc(-c5ccccc5)nc4[C@H](C)NC(=O)[C@H](CO)NC3=O)ccc2o1. The van der Waals surface area contributed by atoms with Crippen LogP contribution in [0.2, 0.25) is 0 Å². The van der Waals surface area contributed by atoms with E-state index in [9.17, 15) is 24.3 Å². The lowest BCUT2D eigenvalue weighted by molar-refractivity contribution is -0.131. The molecule has 5 aromatic rings. The molecule has 4 heterocycles. The Morgan fingerprint density at radius 2 is 1.78 bits per heavy atom. The van der Waals surface area contributed by atoms with Gasteiger partial charge in [0.1, 0.15) is 48.2 Å². The molecule has 0 aliphatic carbocycles. The molecule has 0 saturated carbocycles. The predicted octanol–water partition coefficient (Wildman–Crippen LogP) is 2.20. The molecule has 3 atom stereocenters. The van der Waals surface area contributed by atoms with Gasteiger partial charge in [-0.05, 0) is 55.8 Å². The Labute approximate surface area is 287 Å². The number of aliphatic hydroxyl groups is 1. The van der Waals surface area contributed by atoms with E-state index in [2.05, 4.69) is 31.3 Å². The normalized spacial score (nSPS) is 19.1.